The average Bonchev–Trinajstić information content (AvgIpc) is 2.78. The van der Waals surface area contributed by atoms with Gasteiger partial charge in [-0.25, -0.2) is 0 Å². The quantitative estimate of drug-likeness (QED) is 0.899. The zero-order valence-corrected chi connectivity index (χ0v) is 12.7. The van der Waals surface area contributed by atoms with Gasteiger partial charge in [-0.2, -0.15) is 5.10 Å². The standard InChI is InChI=1S/C16H24N4/c1-4-5-6-12-14-13(15(17)20-19-14)10-9-16(2,3)8-7-11(10)18-12/h4-9H2,1-3H3,(H3,17,19,20). The van der Waals surface area contributed by atoms with Crippen LogP contribution < -0.4 is 5.73 Å². The number of H-pyrrole nitrogens is 1. The number of nitrogens with zero attached hydrogens (tertiary/aromatic N) is 2. The Balaban J connectivity index is 2.17. The van der Waals surface area contributed by atoms with E-state index in [1.807, 2.05) is 0 Å². The number of nitrogens with two attached hydrogens (primary N) is 1. The molecule has 0 saturated carbocycles. The lowest BCUT2D eigenvalue weighted by Crippen LogP contribution is -2.24. The monoisotopic (exact) mass is 272 g/mol. The summed E-state index contributed by atoms with van der Waals surface area (Å²) in [5.74, 6) is 0.633. The number of pyridine rings is 1. The second kappa shape index (κ2) is 4.76. The van der Waals surface area contributed by atoms with E-state index in [1.165, 1.54) is 24.1 Å². The number of nitrogen functional groups attached to an aromatic ring is 1. The highest BCUT2D eigenvalue weighted by molar-refractivity contribution is 5.93. The van der Waals surface area contributed by atoms with Crippen LogP contribution in [0.15, 0.2) is 0 Å². The first-order chi connectivity index (χ1) is 9.52. The van der Waals surface area contributed by atoms with Crippen LogP contribution in [0.3, 0.4) is 0 Å². The van der Waals surface area contributed by atoms with Crippen molar-refractivity contribution >= 4 is 16.7 Å². The molecule has 2 heterocycles. The summed E-state index contributed by atoms with van der Waals surface area (Å²) >= 11 is 0. The lowest BCUT2D eigenvalue weighted by atomic mass is 9.75. The molecule has 0 unspecified atom stereocenters. The molecule has 1 aliphatic rings. The van der Waals surface area contributed by atoms with Crippen molar-refractivity contribution in [1.82, 2.24) is 15.2 Å². The van der Waals surface area contributed by atoms with Crippen molar-refractivity contribution in [3.63, 3.8) is 0 Å². The first kappa shape index (κ1) is 13.4. The summed E-state index contributed by atoms with van der Waals surface area (Å²) in [6.07, 6.45) is 6.64. The predicted octanol–water partition coefficient (Wildman–Crippen LogP) is 3.40. The molecule has 3 rings (SSSR count). The smallest absolute Gasteiger partial charge is 0.153 e. The Morgan fingerprint density at radius 3 is 2.90 bits per heavy atom. The molecular weight excluding hydrogens is 248 g/mol. The van der Waals surface area contributed by atoms with Crippen LogP contribution in [0.5, 0.6) is 0 Å². The zero-order chi connectivity index (χ0) is 14.3. The number of aromatic nitrogens is 3. The number of hydrogen-bond donors (Lipinski definition) is 2. The minimum Gasteiger partial charge on any atom is -0.382 e. The topological polar surface area (TPSA) is 67.6 Å². The van der Waals surface area contributed by atoms with E-state index in [-0.39, 0.29) is 0 Å². The first-order valence-electron chi connectivity index (χ1n) is 7.66. The largest absolute Gasteiger partial charge is 0.382 e. The molecule has 0 fully saturated rings. The second-order valence-electron chi connectivity index (χ2n) is 6.79. The molecule has 3 N–H and O–H groups in total. The number of hydrogen-bond acceptors (Lipinski definition) is 3. The van der Waals surface area contributed by atoms with Gasteiger partial charge in [0.15, 0.2) is 5.82 Å². The van der Waals surface area contributed by atoms with Gasteiger partial charge in [0.05, 0.1) is 16.6 Å². The molecule has 0 radical (unpaired) electrons. The van der Waals surface area contributed by atoms with Crippen molar-refractivity contribution in [3.05, 3.63) is 17.0 Å². The van der Waals surface area contributed by atoms with Gasteiger partial charge in [0.1, 0.15) is 0 Å². The maximum atomic E-state index is 6.12. The molecule has 0 aromatic carbocycles. The Labute approximate surface area is 120 Å². The van der Waals surface area contributed by atoms with Crippen molar-refractivity contribution in [2.24, 2.45) is 5.41 Å². The molecule has 0 bridgehead atoms. The summed E-state index contributed by atoms with van der Waals surface area (Å²) in [7, 11) is 0. The fraction of sp³-hybridized carbons (Fsp3) is 0.625. The van der Waals surface area contributed by atoms with E-state index in [9.17, 15) is 0 Å². The third-order valence-electron chi connectivity index (χ3n) is 4.46. The lowest BCUT2D eigenvalue weighted by molar-refractivity contribution is 0.313. The van der Waals surface area contributed by atoms with Gasteiger partial charge in [0, 0.05) is 5.69 Å². The number of unbranched alkanes of at least 4 members (excludes halogenated alkanes) is 1. The van der Waals surface area contributed by atoms with Gasteiger partial charge in [0.2, 0.25) is 0 Å². The zero-order valence-electron chi connectivity index (χ0n) is 12.7. The fourth-order valence-corrected chi connectivity index (χ4v) is 3.25. The number of aryl methyl sites for hydroxylation is 2. The highest BCUT2D eigenvalue weighted by Gasteiger charge is 2.29. The van der Waals surface area contributed by atoms with Crippen molar-refractivity contribution in [2.45, 2.75) is 59.3 Å². The normalized spacial score (nSPS) is 17.4. The first-order valence-corrected chi connectivity index (χ1v) is 7.66. The SMILES string of the molecule is CCCCc1nc2c(c3c(N)n[nH]c13)CC(C)(C)CC2. The summed E-state index contributed by atoms with van der Waals surface area (Å²) in [6.45, 7) is 6.85. The van der Waals surface area contributed by atoms with Crippen LogP contribution >= 0.6 is 0 Å². The maximum absolute atomic E-state index is 6.12. The molecule has 1 aliphatic carbocycles. The number of nitrogens with one attached hydrogen (secondary N) is 1. The highest BCUT2D eigenvalue weighted by atomic mass is 15.2. The Bertz CT molecular complexity index is 639. The number of rotatable bonds is 3. The van der Waals surface area contributed by atoms with E-state index in [1.54, 1.807) is 0 Å². The molecule has 4 nitrogen and oxygen atoms in total. The predicted molar refractivity (Wildman–Crippen MR) is 82.7 cm³/mol. The summed E-state index contributed by atoms with van der Waals surface area (Å²) in [5, 5.41) is 8.47. The van der Waals surface area contributed by atoms with E-state index >= 15 is 0 Å². The Kier molecular flexibility index (Phi) is 3.19. The van der Waals surface area contributed by atoms with E-state index in [0.29, 0.717) is 11.2 Å². The Hall–Kier alpha value is -1.58. The molecule has 0 spiro atoms. The summed E-state index contributed by atoms with van der Waals surface area (Å²) in [4.78, 5) is 4.93. The number of anilines is 1. The Morgan fingerprint density at radius 1 is 1.35 bits per heavy atom. The van der Waals surface area contributed by atoms with Crippen LogP contribution in [0.1, 0.15) is 57.0 Å². The van der Waals surface area contributed by atoms with Gasteiger partial charge in [-0.15, -0.1) is 0 Å². The third-order valence-corrected chi connectivity index (χ3v) is 4.46. The van der Waals surface area contributed by atoms with Gasteiger partial charge in [0.25, 0.3) is 0 Å². The molecule has 108 valence electrons. The summed E-state index contributed by atoms with van der Waals surface area (Å²) in [5.41, 5.74) is 11.2. The van der Waals surface area contributed by atoms with Crippen LogP contribution in [0.25, 0.3) is 10.9 Å². The second-order valence-corrected chi connectivity index (χ2v) is 6.79. The number of aromatic amines is 1. The van der Waals surface area contributed by atoms with Crippen LogP contribution in [0, 0.1) is 5.41 Å². The van der Waals surface area contributed by atoms with Crippen LogP contribution in [0.2, 0.25) is 0 Å². The van der Waals surface area contributed by atoms with E-state index in [2.05, 4.69) is 31.0 Å². The maximum Gasteiger partial charge on any atom is 0.153 e. The van der Waals surface area contributed by atoms with Crippen molar-refractivity contribution in [3.8, 4) is 0 Å². The minimum absolute atomic E-state index is 0.330. The summed E-state index contributed by atoms with van der Waals surface area (Å²) < 4.78 is 0. The van der Waals surface area contributed by atoms with Gasteiger partial charge < -0.3 is 5.73 Å². The molecule has 0 amide bonds. The van der Waals surface area contributed by atoms with Crippen LogP contribution in [-0.2, 0) is 19.3 Å². The van der Waals surface area contributed by atoms with Gasteiger partial charge in [-0.1, -0.05) is 27.2 Å². The van der Waals surface area contributed by atoms with Crippen molar-refractivity contribution in [2.75, 3.05) is 5.73 Å². The Morgan fingerprint density at radius 2 is 2.15 bits per heavy atom. The van der Waals surface area contributed by atoms with Gasteiger partial charge in [-0.3, -0.25) is 10.1 Å². The van der Waals surface area contributed by atoms with Crippen molar-refractivity contribution in [1.29, 1.82) is 0 Å². The fourth-order valence-electron chi connectivity index (χ4n) is 3.25. The summed E-state index contributed by atoms with van der Waals surface area (Å²) in [6, 6.07) is 0. The lowest BCUT2D eigenvalue weighted by Gasteiger charge is -2.31. The molecule has 20 heavy (non-hydrogen) atoms. The molecule has 0 atom stereocenters. The van der Waals surface area contributed by atoms with Gasteiger partial charge in [-0.05, 0) is 43.1 Å². The average molecular weight is 272 g/mol. The third kappa shape index (κ3) is 2.17. The molecule has 2 aromatic heterocycles. The van der Waals surface area contributed by atoms with E-state index < -0.39 is 0 Å². The number of fused-ring (bicyclic) bond motifs is 3. The molecule has 0 aliphatic heterocycles. The van der Waals surface area contributed by atoms with Crippen molar-refractivity contribution < 1.29 is 0 Å². The van der Waals surface area contributed by atoms with E-state index in [4.69, 9.17) is 10.7 Å². The van der Waals surface area contributed by atoms with Gasteiger partial charge >= 0.3 is 0 Å². The highest BCUT2D eigenvalue weighted by Crippen LogP contribution is 2.39. The molecule has 0 saturated heterocycles. The van der Waals surface area contributed by atoms with Crippen LogP contribution in [-0.4, -0.2) is 15.2 Å². The minimum atomic E-state index is 0.330. The molecule has 2 aromatic rings. The molecular formula is C16H24N4. The van der Waals surface area contributed by atoms with E-state index in [0.717, 1.165) is 42.3 Å². The van der Waals surface area contributed by atoms with Crippen LogP contribution in [0.4, 0.5) is 5.82 Å². The molecule has 4 heteroatoms.